The van der Waals surface area contributed by atoms with Crippen LogP contribution in [0.5, 0.6) is 0 Å². The highest BCUT2D eigenvalue weighted by molar-refractivity contribution is 6.76. The Hall–Kier alpha value is -1.24. The van der Waals surface area contributed by atoms with Crippen molar-refractivity contribution in [3.63, 3.8) is 0 Å². The van der Waals surface area contributed by atoms with Gasteiger partial charge in [0.1, 0.15) is 0 Å². The van der Waals surface area contributed by atoms with Crippen LogP contribution in [0.3, 0.4) is 0 Å². The zero-order valence-electron chi connectivity index (χ0n) is 18.2. The molecular formula is C19H40N2O4Si. The molecule has 0 saturated carbocycles. The van der Waals surface area contributed by atoms with Gasteiger partial charge in [0, 0.05) is 26.2 Å². The van der Waals surface area contributed by atoms with Gasteiger partial charge in [0.2, 0.25) is 0 Å². The first-order valence-electron chi connectivity index (χ1n) is 9.46. The third-order valence-corrected chi connectivity index (χ3v) is 5.68. The topological polar surface area (TPSA) is 78.9 Å². The van der Waals surface area contributed by atoms with Crippen molar-refractivity contribution in [1.82, 2.24) is 10.2 Å². The molecule has 0 bridgehead atoms. The molecule has 26 heavy (non-hydrogen) atoms. The Morgan fingerprint density at radius 1 is 1.12 bits per heavy atom. The van der Waals surface area contributed by atoms with Crippen molar-refractivity contribution in [1.29, 1.82) is 0 Å². The van der Waals surface area contributed by atoms with E-state index in [1.807, 2.05) is 20.8 Å². The quantitative estimate of drug-likeness (QED) is 0.572. The summed E-state index contributed by atoms with van der Waals surface area (Å²) in [4.78, 5) is 25.2. The maximum absolute atomic E-state index is 11.8. The van der Waals surface area contributed by atoms with Crippen LogP contribution in [0.1, 0.15) is 54.4 Å². The van der Waals surface area contributed by atoms with Gasteiger partial charge in [-0.2, -0.15) is 0 Å². The Bertz CT molecular complexity index is 462. The Labute approximate surface area is 160 Å². The number of hydrogen-bond donors (Lipinski definition) is 2. The van der Waals surface area contributed by atoms with Crippen LogP contribution in [-0.4, -0.2) is 55.0 Å². The van der Waals surface area contributed by atoms with Crippen molar-refractivity contribution in [2.75, 3.05) is 13.2 Å². The summed E-state index contributed by atoms with van der Waals surface area (Å²) in [6.07, 6.45) is -0.0628. The number of alkyl carbamates (subject to hydrolysis) is 1. The lowest BCUT2D eigenvalue weighted by molar-refractivity contribution is 0.0522. The van der Waals surface area contributed by atoms with Gasteiger partial charge in [-0.25, -0.2) is 9.59 Å². The van der Waals surface area contributed by atoms with E-state index in [2.05, 4.69) is 45.7 Å². The summed E-state index contributed by atoms with van der Waals surface area (Å²) in [7, 11) is -1.23. The van der Waals surface area contributed by atoms with Gasteiger partial charge in [0.25, 0.3) is 0 Å². The van der Waals surface area contributed by atoms with Gasteiger partial charge in [0.05, 0.1) is 6.61 Å². The molecule has 0 aromatic rings. The summed E-state index contributed by atoms with van der Waals surface area (Å²) in [6, 6.07) is 0.763. The Morgan fingerprint density at radius 2 is 1.65 bits per heavy atom. The van der Waals surface area contributed by atoms with Gasteiger partial charge in [0.15, 0.2) is 0 Å². The Kier molecular flexibility index (Phi) is 9.16. The third-order valence-electron chi connectivity index (χ3n) is 3.97. The number of carbonyl (C=O) groups is 2. The predicted molar refractivity (Wildman–Crippen MR) is 110 cm³/mol. The second kappa shape index (κ2) is 9.62. The van der Waals surface area contributed by atoms with Crippen molar-refractivity contribution in [3.8, 4) is 0 Å². The minimum atomic E-state index is -1.23. The molecule has 0 aliphatic carbocycles. The van der Waals surface area contributed by atoms with E-state index in [0.29, 0.717) is 19.6 Å². The molecule has 6 nitrogen and oxygen atoms in total. The fourth-order valence-electron chi connectivity index (χ4n) is 2.86. The van der Waals surface area contributed by atoms with E-state index < -0.39 is 25.8 Å². The number of amides is 2. The van der Waals surface area contributed by atoms with Crippen LogP contribution in [-0.2, 0) is 4.74 Å². The van der Waals surface area contributed by atoms with Gasteiger partial charge in [-0.1, -0.05) is 40.4 Å². The molecule has 0 rings (SSSR count). The van der Waals surface area contributed by atoms with Crippen LogP contribution >= 0.6 is 0 Å². The summed E-state index contributed by atoms with van der Waals surface area (Å²) in [5, 5.41) is 12.5. The molecule has 0 spiro atoms. The molecule has 0 aliphatic rings. The zero-order valence-corrected chi connectivity index (χ0v) is 19.2. The van der Waals surface area contributed by atoms with Crippen molar-refractivity contribution < 1.29 is 19.4 Å². The fraction of sp³-hybridized carbons (Fsp3) is 0.895. The van der Waals surface area contributed by atoms with E-state index in [4.69, 9.17) is 4.74 Å². The van der Waals surface area contributed by atoms with Crippen molar-refractivity contribution in [2.45, 2.75) is 91.6 Å². The lowest BCUT2D eigenvalue weighted by Gasteiger charge is -2.42. The average molecular weight is 389 g/mol. The average Bonchev–Trinajstić information content (AvgIpc) is 2.32. The van der Waals surface area contributed by atoms with Gasteiger partial charge in [-0.3, -0.25) is 0 Å². The highest BCUT2D eigenvalue weighted by Gasteiger charge is 2.35. The zero-order chi connectivity index (χ0) is 20.8. The molecular weight excluding hydrogens is 348 g/mol. The maximum Gasteiger partial charge on any atom is 0.407 e. The normalized spacial score (nSPS) is 13.9. The van der Waals surface area contributed by atoms with E-state index in [9.17, 15) is 14.7 Å². The standard InChI is InChI=1S/C19H40N2O4Si/c1-18(2,3)14-15(21(17(23)24)19(4,5)6)10-11-20-16(22)25-12-13-26(7,8)9/h15H,10-14H2,1-9H3,(H,20,22)(H,23,24)/t15-/m1/s1. The highest BCUT2D eigenvalue weighted by atomic mass is 28.3. The number of carboxylic acid groups (broad SMARTS) is 1. The van der Waals surface area contributed by atoms with E-state index in [0.717, 1.165) is 12.5 Å². The summed E-state index contributed by atoms with van der Waals surface area (Å²) in [5.74, 6) is 0. The van der Waals surface area contributed by atoms with Crippen LogP contribution < -0.4 is 5.32 Å². The van der Waals surface area contributed by atoms with Gasteiger partial charge >= 0.3 is 12.2 Å². The number of rotatable bonds is 8. The summed E-state index contributed by atoms with van der Waals surface area (Å²) in [5.41, 5.74) is -0.513. The number of nitrogens with one attached hydrogen (secondary N) is 1. The van der Waals surface area contributed by atoms with Crippen molar-refractivity contribution in [3.05, 3.63) is 0 Å². The van der Waals surface area contributed by atoms with Crippen LogP contribution in [0.25, 0.3) is 0 Å². The second-order valence-electron chi connectivity index (χ2n) is 10.4. The highest BCUT2D eigenvalue weighted by Crippen LogP contribution is 2.29. The molecule has 0 aromatic carbocycles. The summed E-state index contributed by atoms with van der Waals surface area (Å²) in [6.45, 7) is 19.5. The van der Waals surface area contributed by atoms with E-state index in [1.165, 1.54) is 4.90 Å². The molecule has 2 amide bonds. The molecule has 0 fully saturated rings. The largest absolute Gasteiger partial charge is 0.465 e. The van der Waals surface area contributed by atoms with Crippen molar-refractivity contribution >= 4 is 20.3 Å². The van der Waals surface area contributed by atoms with Gasteiger partial charge in [-0.15, -0.1) is 0 Å². The molecule has 0 heterocycles. The Morgan fingerprint density at radius 3 is 2.04 bits per heavy atom. The van der Waals surface area contributed by atoms with Crippen LogP contribution in [0.15, 0.2) is 0 Å². The number of carbonyl (C=O) groups excluding carboxylic acids is 1. The molecule has 154 valence electrons. The molecule has 2 N–H and O–H groups in total. The van der Waals surface area contributed by atoms with Crippen LogP contribution in [0, 0.1) is 5.41 Å². The predicted octanol–water partition coefficient (Wildman–Crippen LogP) is 5.02. The molecule has 7 heteroatoms. The van der Waals surface area contributed by atoms with Gasteiger partial charge < -0.3 is 20.1 Å². The molecule has 1 atom stereocenters. The Balaban J connectivity index is 4.75. The lowest BCUT2D eigenvalue weighted by atomic mass is 9.85. The van der Waals surface area contributed by atoms with Crippen LogP contribution in [0.4, 0.5) is 9.59 Å². The molecule has 0 radical (unpaired) electrons. The summed E-state index contributed by atoms with van der Waals surface area (Å²) >= 11 is 0. The fourth-order valence-corrected chi connectivity index (χ4v) is 3.58. The minimum absolute atomic E-state index is 0.0124. The maximum atomic E-state index is 11.8. The van der Waals surface area contributed by atoms with E-state index in [-0.39, 0.29) is 11.5 Å². The summed E-state index contributed by atoms with van der Waals surface area (Å²) < 4.78 is 5.23. The molecule has 0 aromatic heterocycles. The first kappa shape index (κ1) is 24.8. The van der Waals surface area contributed by atoms with E-state index in [1.54, 1.807) is 0 Å². The molecule has 0 saturated heterocycles. The molecule has 0 aliphatic heterocycles. The second-order valence-corrected chi connectivity index (χ2v) is 16.0. The first-order chi connectivity index (χ1) is 11.5. The number of hydrogen-bond acceptors (Lipinski definition) is 3. The minimum Gasteiger partial charge on any atom is -0.465 e. The third kappa shape index (κ3) is 11.4. The monoisotopic (exact) mass is 388 g/mol. The number of ether oxygens (including phenoxy) is 1. The SMILES string of the molecule is CC(C)(C)C[C@@H](CCNC(=O)OCC[Si](C)(C)C)N(C(=O)O)C(C)(C)C. The number of nitrogens with zero attached hydrogens (tertiary/aromatic N) is 1. The van der Waals surface area contributed by atoms with Crippen molar-refractivity contribution in [2.24, 2.45) is 5.41 Å². The first-order valence-corrected chi connectivity index (χ1v) is 13.2. The van der Waals surface area contributed by atoms with Crippen LogP contribution in [0.2, 0.25) is 25.7 Å². The van der Waals surface area contributed by atoms with E-state index >= 15 is 0 Å². The van der Waals surface area contributed by atoms with Gasteiger partial charge in [-0.05, 0) is 45.1 Å². The lowest BCUT2D eigenvalue weighted by Crippen LogP contribution is -2.53. The molecule has 0 unspecified atom stereocenters. The smallest absolute Gasteiger partial charge is 0.407 e.